The smallest absolute Gasteiger partial charge is 0.261 e. The predicted octanol–water partition coefficient (Wildman–Crippen LogP) is 4.50. The summed E-state index contributed by atoms with van der Waals surface area (Å²) in [4.78, 5) is 23.1. The van der Waals surface area contributed by atoms with Crippen LogP contribution in [0, 0.1) is 13.8 Å². The molecular weight excluding hydrogens is 324 g/mol. The van der Waals surface area contributed by atoms with Gasteiger partial charge in [-0.15, -0.1) is 0 Å². The molecule has 1 N–H and O–H groups in total. The van der Waals surface area contributed by atoms with Crippen molar-refractivity contribution in [2.24, 2.45) is 0 Å². The number of carbonyl (C=O) groups excluding carboxylic acids is 1. The fourth-order valence-corrected chi connectivity index (χ4v) is 2.75. The molecule has 0 saturated carbocycles. The van der Waals surface area contributed by atoms with Crippen molar-refractivity contribution in [2.45, 2.75) is 20.8 Å². The molecule has 0 spiro atoms. The normalized spacial score (nSPS) is 10.4. The summed E-state index contributed by atoms with van der Waals surface area (Å²) in [5.74, 6) is 0.353. The number of aromatic nitrogens is 2. The number of benzene rings is 2. The third kappa shape index (κ3) is 4.06. The third-order valence-corrected chi connectivity index (χ3v) is 4.05. The fourth-order valence-electron chi connectivity index (χ4n) is 2.75. The molecule has 1 amide bonds. The third-order valence-electron chi connectivity index (χ3n) is 4.05. The van der Waals surface area contributed by atoms with E-state index in [0.717, 1.165) is 22.5 Å². The van der Waals surface area contributed by atoms with Gasteiger partial charge in [0.25, 0.3) is 5.91 Å². The van der Waals surface area contributed by atoms with Crippen molar-refractivity contribution in [2.75, 3.05) is 16.8 Å². The molecule has 0 aliphatic heterocycles. The molecule has 0 bridgehead atoms. The second-order valence-corrected chi connectivity index (χ2v) is 6.18. The molecule has 0 atom stereocenters. The van der Waals surface area contributed by atoms with E-state index >= 15 is 0 Å². The summed E-state index contributed by atoms with van der Waals surface area (Å²) in [6, 6.07) is 15.8. The molecule has 26 heavy (non-hydrogen) atoms. The summed E-state index contributed by atoms with van der Waals surface area (Å²) in [6.45, 7) is 6.56. The van der Waals surface area contributed by atoms with E-state index < -0.39 is 0 Å². The van der Waals surface area contributed by atoms with Crippen molar-refractivity contribution in [1.82, 2.24) is 9.97 Å². The maximum Gasteiger partial charge on any atom is 0.261 e. The minimum atomic E-state index is -0.111. The van der Waals surface area contributed by atoms with Gasteiger partial charge in [-0.3, -0.25) is 4.79 Å². The summed E-state index contributed by atoms with van der Waals surface area (Å²) in [7, 11) is 0. The number of carbonyl (C=O) groups is 1. The highest BCUT2D eigenvalue weighted by Crippen LogP contribution is 2.19. The molecule has 1 heterocycles. The topological polar surface area (TPSA) is 58.1 Å². The van der Waals surface area contributed by atoms with Crippen molar-refractivity contribution in [3.63, 3.8) is 0 Å². The number of hydrogen-bond donors (Lipinski definition) is 1. The highest BCUT2D eigenvalue weighted by Gasteiger charge is 2.17. The Morgan fingerprint density at radius 2 is 1.65 bits per heavy atom. The van der Waals surface area contributed by atoms with Crippen LogP contribution in [0.15, 0.2) is 60.9 Å². The van der Waals surface area contributed by atoms with Crippen LogP contribution in [0.25, 0.3) is 0 Å². The van der Waals surface area contributed by atoms with Crippen LogP contribution in [0.2, 0.25) is 0 Å². The summed E-state index contributed by atoms with van der Waals surface area (Å²) >= 11 is 0. The average molecular weight is 346 g/mol. The van der Waals surface area contributed by atoms with E-state index in [2.05, 4.69) is 15.3 Å². The van der Waals surface area contributed by atoms with Gasteiger partial charge >= 0.3 is 0 Å². The van der Waals surface area contributed by atoms with Gasteiger partial charge < -0.3 is 10.2 Å². The minimum absolute atomic E-state index is 0.111. The average Bonchev–Trinajstić information content (AvgIpc) is 2.63. The van der Waals surface area contributed by atoms with Gasteiger partial charge in [0.1, 0.15) is 0 Å². The Morgan fingerprint density at radius 3 is 2.27 bits per heavy atom. The molecule has 2 aromatic carbocycles. The van der Waals surface area contributed by atoms with Crippen LogP contribution >= 0.6 is 0 Å². The summed E-state index contributed by atoms with van der Waals surface area (Å²) in [6.07, 6.45) is 3.12. The molecule has 1 aromatic heterocycles. The molecule has 132 valence electrons. The number of rotatable bonds is 5. The molecule has 5 nitrogen and oxygen atoms in total. The maximum atomic E-state index is 12.8. The van der Waals surface area contributed by atoms with Crippen LogP contribution in [0.4, 0.5) is 17.3 Å². The Kier molecular flexibility index (Phi) is 5.27. The Hall–Kier alpha value is -3.21. The zero-order valence-electron chi connectivity index (χ0n) is 15.2. The number of nitrogens with zero attached hydrogens (tertiary/aromatic N) is 3. The lowest BCUT2D eigenvalue weighted by Gasteiger charge is -2.21. The largest absolute Gasteiger partial charge is 0.324 e. The Balaban J connectivity index is 1.77. The van der Waals surface area contributed by atoms with E-state index in [4.69, 9.17) is 0 Å². The number of anilines is 3. The zero-order valence-corrected chi connectivity index (χ0v) is 15.2. The van der Waals surface area contributed by atoms with Crippen LogP contribution in [-0.2, 0) is 0 Å². The van der Waals surface area contributed by atoms with Crippen molar-refractivity contribution >= 4 is 23.2 Å². The van der Waals surface area contributed by atoms with Gasteiger partial charge in [0.05, 0.1) is 5.56 Å². The van der Waals surface area contributed by atoms with Gasteiger partial charge in [0, 0.05) is 30.3 Å². The van der Waals surface area contributed by atoms with Crippen LogP contribution in [-0.4, -0.2) is 22.4 Å². The van der Waals surface area contributed by atoms with Gasteiger partial charge in [-0.25, -0.2) is 9.97 Å². The van der Waals surface area contributed by atoms with Crippen molar-refractivity contribution in [1.29, 1.82) is 0 Å². The standard InChI is InChI=1S/C21H22N4O/c1-4-25(19-10-6-8-16(3)12-19)20(26)17-13-22-21(23-14-17)24-18-9-5-7-15(2)11-18/h5-14H,4H2,1-3H3,(H,22,23,24). The minimum Gasteiger partial charge on any atom is -0.324 e. The first kappa shape index (κ1) is 17.6. The molecule has 0 aliphatic carbocycles. The summed E-state index contributed by atoms with van der Waals surface area (Å²) in [5, 5.41) is 3.15. The summed E-state index contributed by atoms with van der Waals surface area (Å²) < 4.78 is 0. The Labute approximate surface area is 153 Å². The number of amides is 1. The van der Waals surface area contributed by atoms with E-state index in [9.17, 15) is 4.79 Å². The first-order valence-corrected chi connectivity index (χ1v) is 8.61. The molecule has 0 unspecified atom stereocenters. The lowest BCUT2D eigenvalue weighted by molar-refractivity contribution is 0.0987. The molecule has 3 rings (SSSR count). The molecule has 0 fully saturated rings. The van der Waals surface area contributed by atoms with Crippen molar-refractivity contribution in [3.8, 4) is 0 Å². The van der Waals surface area contributed by atoms with Gasteiger partial charge in [-0.1, -0.05) is 24.3 Å². The number of nitrogens with one attached hydrogen (secondary N) is 1. The lowest BCUT2D eigenvalue weighted by Crippen LogP contribution is -2.30. The van der Waals surface area contributed by atoms with Crippen molar-refractivity contribution in [3.05, 3.63) is 77.6 Å². The maximum absolute atomic E-state index is 12.8. The van der Waals surface area contributed by atoms with Crippen molar-refractivity contribution < 1.29 is 4.79 Å². The van der Waals surface area contributed by atoms with E-state index in [1.807, 2.05) is 69.3 Å². The molecule has 3 aromatic rings. The van der Waals surface area contributed by atoms with E-state index in [1.54, 1.807) is 17.3 Å². The van der Waals surface area contributed by atoms with Crippen LogP contribution in [0.3, 0.4) is 0 Å². The van der Waals surface area contributed by atoms with Gasteiger partial charge in [-0.2, -0.15) is 0 Å². The van der Waals surface area contributed by atoms with Gasteiger partial charge in [0.15, 0.2) is 0 Å². The fraction of sp³-hybridized carbons (Fsp3) is 0.190. The zero-order chi connectivity index (χ0) is 18.5. The summed E-state index contributed by atoms with van der Waals surface area (Å²) in [5.41, 5.74) is 4.52. The Bertz CT molecular complexity index is 906. The molecule has 0 aliphatic rings. The van der Waals surface area contributed by atoms with Crippen LogP contribution in [0.5, 0.6) is 0 Å². The van der Waals surface area contributed by atoms with E-state index in [1.165, 1.54) is 0 Å². The van der Waals surface area contributed by atoms with Gasteiger partial charge in [-0.05, 0) is 56.2 Å². The van der Waals surface area contributed by atoms with Crippen LogP contribution in [0.1, 0.15) is 28.4 Å². The first-order valence-electron chi connectivity index (χ1n) is 8.61. The SMILES string of the molecule is CCN(C(=O)c1cnc(Nc2cccc(C)c2)nc1)c1cccc(C)c1. The highest BCUT2D eigenvalue weighted by atomic mass is 16.2. The van der Waals surface area contributed by atoms with E-state index in [-0.39, 0.29) is 5.91 Å². The second kappa shape index (κ2) is 7.78. The molecule has 0 saturated heterocycles. The lowest BCUT2D eigenvalue weighted by atomic mass is 10.2. The molecular formula is C21H22N4O. The quantitative estimate of drug-likeness (QED) is 0.739. The Morgan fingerprint density at radius 1 is 1.00 bits per heavy atom. The van der Waals surface area contributed by atoms with E-state index in [0.29, 0.717) is 18.1 Å². The highest BCUT2D eigenvalue weighted by molar-refractivity contribution is 6.05. The first-order chi connectivity index (χ1) is 12.6. The number of aryl methyl sites for hydroxylation is 2. The second-order valence-electron chi connectivity index (χ2n) is 6.18. The predicted molar refractivity (Wildman–Crippen MR) is 105 cm³/mol. The molecule has 5 heteroatoms. The van der Waals surface area contributed by atoms with Crippen LogP contribution < -0.4 is 10.2 Å². The number of hydrogen-bond acceptors (Lipinski definition) is 4. The van der Waals surface area contributed by atoms with Gasteiger partial charge in [0.2, 0.25) is 5.95 Å². The monoisotopic (exact) mass is 346 g/mol. The molecule has 0 radical (unpaired) electrons.